The quantitative estimate of drug-likeness (QED) is 0.518. The highest BCUT2D eigenvalue weighted by Gasteiger charge is 2.45. The molecule has 0 bridgehead atoms. The summed E-state index contributed by atoms with van der Waals surface area (Å²) < 4.78 is 0. The summed E-state index contributed by atoms with van der Waals surface area (Å²) in [5.74, 6) is -1.05. The van der Waals surface area contributed by atoms with E-state index < -0.39 is 11.6 Å². The van der Waals surface area contributed by atoms with E-state index in [4.69, 9.17) is 5.11 Å². The Bertz CT molecular complexity index is 269. The lowest BCUT2D eigenvalue weighted by molar-refractivity contribution is -0.159. The van der Waals surface area contributed by atoms with Gasteiger partial charge in [0.25, 0.3) is 0 Å². The Hall–Kier alpha value is -0.570. The van der Waals surface area contributed by atoms with Crippen LogP contribution in [0.2, 0.25) is 0 Å². The average Bonchev–Trinajstić information content (AvgIpc) is 2.37. The van der Waals surface area contributed by atoms with Crippen molar-refractivity contribution in [3.8, 4) is 0 Å². The Labute approximate surface area is 123 Å². The van der Waals surface area contributed by atoms with Crippen molar-refractivity contribution in [2.75, 3.05) is 0 Å². The molecule has 3 heteroatoms. The third-order valence-electron chi connectivity index (χ3n) is 4.60. The van der Waals surface area contributed by atoms with E-state index in [1.54, 1.807) is 0 Å². The number of hydrogen-bond acceptors (Lipinski definition) is 2. The highest BCUT2D eigenvalue weighted by molar-refractivity contribution is 5.71. The zero-order valence-electron chi connectivity index (χ0n) is 13.1. The van der Waals surface area contributed by atoms with E-state index in [9.17, 15) is 9.90 Å². The van der Waals surface area contributed by atoms with Crippen molar-refractivity contribution >= 4 is 5.97 Å². The lowest BCUT2D eigenvalue weighted by atomic mass is 9.68. The molecule has 1 rings (SSSR count). The molecule has 0 saturated heterocycles. The molecule has 1 aliphatic rings. The standard InChI is InChI=1S/C17H32O3/c1-2-3-4-5-6-7-8-9-10-11-12-17(20)13-15(14-17)16(18)19/h15,20H,2-14H2,1H3,(H,18,19). The van der Waals surface area contributed by atoms with E-state index in [1.807, 2.05) is 0 Å². The van der Waals surface area contributed by atoms with Gasteiger partial charge in [0.1, 0.15) is 0 Å². The minimum atomic E-state index is -0.752. The third kappa shape index (κ3) is 6.74. The molecule has 0 unspecified atom stereocenters. The van der Waals surface area contributed by atoms with Gasteiger partial charge < -0.3 is 10.2 Å². The number of rotatable bonds is 12. The summed E-state index contributed by atoms with van der Waals surface area (Å²) in [6.07, 6.45) is 14.6. The Morgan fingerprint density at radius 3 is 1.85 bits per heavy atom. The van der Waals surface area contributed by atoms with Gasteiger partial charge in [-0.1, -0.05) is 71.1 Å². The number of unbranched alkanes of at least 4 members (excludes halogenated alkanes) is 9. The van der Waals surface area contributed by atoms with Crippen LogP contribution in [-0.2, 0) is 4.79 Å². The molecule has 1 saturated carbocycles. The van der Waals surface area contributed by atoms with Crippen LogP contribution in [0.1, 0.15) is 90.4 Å². The minimum absolute atomic E-state index is 0.303. The lowest BCUT2D eigenvalue weighted by Gasteiger charge is -2.41. The van der Waals surface area contributed by atoms with Crippen LogP contribution < -0.4 is 0 Å². The molecule has 2 N–H and O–H groups in total. The van der Waals surface area contributed by atoms with Crippen molar-refractivity contribution < 1.29 is 15.0 Å². The van der Waals surface area contributed by atoms with Gasteiger partial charge in [-0.3, -0.25) is 4.79 Å². The van der Waals surface area contributed by atoms with E-state index in [2.05, 4.69) is 6.92 Å². The van der Waals surface area contributed by atoms with Crippen molar-refractivity contribution in [2.24, 2.45) is 5.92 Å². The molecule has 0 radical (unpaired) electrons. The van der Waals surface area contributed by atoms with Crippen molar-refractivity contribution in [3.63, 3.8) is 0 Å². The van der Waals surface area contributed by atoms with Crippen LogP contribution >= 0.6 is 0 Å². The highest BCUT2D eigenvalue weighted by atomic mass is 16.4. The third-order valence-corrected chi connectivity index (χ3v) is 4.60. The molecular weight excluding hydrogens is 252 g/mol. The first-order chi connectivity index (χ1) is 9.57. The van der Waals surface area contributed by atoms with Crippen LogP contribution in [-0.4, -0.2) is 21.8 Å². The first-order valence-electron chi connectivity index (χ1n) is 8.52. The second kappa shape index (κ2) is 9.38. The van der Waals surface area contributed by atoms with E-state index in [-0.39, 0.29) is 5.92 Å². The number of aliphatic carboxylic acids is 1. The maximum absolute atomic E-state index is 10.7. The Morgan fingerprint density at radius 1 is 0.950 bits per heavy atom. The van der Waals surface area contributed by atoms with Crippen molar-refractivity contribution in [1.29, 1.82) is 0 Å². The zero-order valence-corrected chi connectivity index (χ0v) is 13.1. The van der Waals surface area contributed by atoms with Crippen LogP contribution in [0, 0.1) is 5.92 Å². The van der Waals surface area contributed by atoms with Gasteiger partial charge in [0.15, 0.2) is 0 Å². The fourth-order valence-corrected chi connectivity index (χ4v) is 3.18. The van der Waals surface area contributed by atoms with Crippen molar-refractivity contribution in [3.05, 3.63) is 0 Å². The highest BCUT2D eigenvalue weighted by Crippen LogP contribution is 2.41. The smallest absolute Gasteiger partial charge is 0.306 e. The van der Waals surface area contributed by atoms with Crippen molar-refractivity contribution in [1.82, 2.24) is 0 Å². The number of carbonyl (C=O) groups is 1. The summed E-state index contributed by atoms with van der Waals surface area (Å²) in [4.78, 5) is 10.7. The molecule has 1 fully saturated rings. The van der Waals surface area contributed by atoms with Gasteiger partial charge in [0.2, 0.25) is 0 Å². The van der Waals surface area contributed by atoms with Gasteiger partial charge in [-0.15, -0.1) is 0 Å². The van der Waals surface area contributed by atoms with Crippen LogP contribution in [0.5, 0.6) is 0 Å². The van der Waals surface area contributed by atoms with Crippen LogP contribution in [0.4, 0.5) is 0 Å². The number of aliphatic hydroxyl groups is 1. The zero-order chi connectivity index (χ0) is 14.8. The molecule has 0 aliphatic heterocycles. The maximum atomic E-state index is 10.7. The fraction of sp³-hybridized carbons (Fsp3) is 0.941. The van der Waals surface area contributed by atoms with Crippen LogP contribution in [0.3, 0.4) is 0 Å². The normalized spacial score (nSPS) is 25.4. The maximum Gasteiger partial charge on any atom is 0.306 e. The Kier molecular flexibility index (Phi) is 8.20. The van der Waals surface area contributed by atoms with Crippen LogP contribution in [0.15, 0.2) is 0 Å². The van der Waals surface area contributed by atoms with Gasteiger partial charge in [-0.05, 0) is 19.3 Å². The SMILES string of the molecule is CCCCCCCCCCCCC1(O)CC(C(=O)O)C1. The van der Waals surface area contributed by atoms with Gasteiger partial charge in [0, 0.05) is 0 Å². The second-order valence-corrected chi connectivity index (χ2v) is 6.60. The molecule has 118 valence electrons. The molecular formula is C17H32O3. The molecule has 0 aromatic rings. The molecule has 0 aromatic heterocycles. The second-order valence-electron chi connectivity index (χ2n) is 6.60. The summed E-state index contributed by atoms with van der Waals surface area (Å²) in [7, 11) is 0. The van der Waals surface area contributed by atoms with Crippen molar-refractivity contribution in [2.45, 2.75) is 96.0 Å². The molecule has 0 heterocycles. The van der Waals surface area contributed by atoms with Gasteiger partial charge >= 0.3 is 5.97 Å². The summed E-state index contributed by atoms with van der Waals surface area (Å²) in [5, 5.41) is 18.9. The molecule has 0 aromatic carbocycles. The van der Waals surface area contributed by atoms with Gasteiger partial charge in [0.05, 0.1) is 11.5 Å². The Balaban J connectivity index is 1.85. The molecule has 3 nitrogen and oxygen atoms in total. The molecule has 0 amide bonds. The summed E-state index contributed by atoms with van der Waals surface area (Å²) >= 11 is 0. The minimum Gasteiger partial charge on any atom is -0.481 e. The van der Waals surface area contributed by atoms with Crippen LogP contribution in [0.25, 0.3) is 0 Å². The predicted octanol–water partition coefficient (Wildman–Crippen LogP) is 4.52. The number of carboxylic acids is 1. The molecule has 20 heavy (non-hydrogen) atoms. The first-order valence-corrected chi connectivity index (χ1v) is 8.52. The number of hydrogen-bond donors (Lipinski definition) is 2. The van der Waals surface area contributed by atoms with E-state index in [0.717, 1.165) is 12.8 Å². The molecule has 0 atom stereocenters. The average molecular weight is 284 g/mol. The Morgan fingerprint density at radius 2 is 1.40 bits per heavy atom. The summed E-state index contributed by atoms with van der Waals surface area (Å²) in [6.45, 7) is 2.24. The van der Waals surface area contributed by atoms with E-state index in [1.165, 1.54) is 57.8 Å². The van der Waals surface area contributed by atoms with E-state index >= 15 is 0 Å². The monoisotopic (exact) mass is 284 g/mol. The molecule has 1 aliphatic carbocycles. The van der Waals surface area contributed by atoms with Gasteiger partial charge in [-0.25, -0.2) is 0 Å². The summed E-state index contributed by atoms with van der Waals surface area (Å²) in [5.41, 5.74) is -0.663. The largest absolute Gasteiger partial charge is 0.481 e. The first kappa shape index (κ1) is 17.5. The fourth-order valence-electron chi connectivity index (χ4n) is 3.18. The molecule has 0 spiro atoms. The summed E-state index contributed by atoms with van der Waals surface area (Å²) in [6, 6.07) is 0. The van der Waals surface area contributed by atoms with Gasteiger partial charge in [-0.2, -0.15) is 0 Å². The topological polar surface area (TPSA) is 57.5 Å². The lowest BCUT2D eigenvalue weighted by Crippen LogP contribution is -2.46. The predicted molar refractivity (Wildman–Crippen MR) is 81.8 cm³/mol. The van der Waals surface area contributed by atoms with E-state index in [0.29, 0.717) is 12.8 Å². The number of carboxylic acid groups (broad SMARTS) is 1.